The lowest BCUT2D eigenvalue weighted by Crippen LogP contribution is -2.46. The molecule has 2 aromatic carbocycles. The largest absolute Gasteiger partial charge is 0.368 e. The highest BCUT2D eigenvalue weighted by Gasteiger charge is 2.18. The van der Waals surface area contributed by atoms with Gasteiger partial charge in [0.2, 0.25) is 0 Å². The van der Waals surface area contributed by atoms with Crippen molar-refractivity contribution in [2.75, 3.05) is 42.9 Å². The van der Waals surface area contributed by atoms with Crippen molar-refractivity contribution in [2.24, 2.45) is 0 Å². The van der Waals surface area contributed by atoms with Gasteiger partial charge in [-0.15, -0.1) is 0 Å². The lowest BCUT2D eigenvalue weighted by Gasteiger charge is -2.36. The van der Waals surface area contributed by atoms with Gasteiger partial charge in [-0.3, -0.25) is 4.79 Å². The van der Waals surface area contributed by atoms with Crippen LogP contribution in [0.25, 0.3) is 0 Å². The number of anilines is 2. The summed E-state index contributed by atoms with van der Waals surface area (Å²) in [5, 5.41) is 3.61. The van der Waals surface area contributed by atoms with Gasteiger partial charge in [-0.1, -0.05) is 36.7 Å². The average Bonchev–Trinajstić information content (AvgIpc) is 2.62. The lowest BCUT2D eigenvalue weighted by atomic mass is 10.1. The van der Waals surface area contributed by atoms with Crippen LogP contribution >= 0.6 is 11.6 Å². The van der Waals surface area contributed by atoms with Crippen LogP contribution in [0.15, 0.2) is 42.5 Å². The zero-order chi connectivity index (χ0) is 17.8. The van der Waals surface area contributed by atoms with Crippen LogP contribution in [0.1, 0.15) is 22.8 Å². The molecule has 0 radical (unpaired) electrons. The number of carbonyl (C=O) groups is 1. The molecule has 2 aromatic rings. The maximum atomic E-state index is 12.4. The summed E-state index contributed by atoms with van der Waals surface area (Å²) in [6, 6.07) is 13.3. The van der Waals surface area contributed by atoms with Crippen molar-refractivity contribution in [3.05, 3.63) is 58.6 Å². The van der Waals surface area contributed by atoms with E-state index in [0.29, 0.717) is 16.3 Å². The molecule has 0 aliphatic carbocycles. The second-order valence-corrected chi connectivity index (χ2v) is 6.76. The number of nitrogens with zero attached hydrogens (tertiary/aromatic N) is 2. The number of hydrogen-bond acceptors (Lipinski definition) is 3. The normalized spacial score (nSPS) is 15.2. The number of carbonyl (C=O) groups excluding carboxylic acids is 1. The summed E-state index contributed by atoms with van der Waals surface area (Å²) in [6.07, 6.45) is 0. The molecule has 3 rings (SSSR count). The molecule has 0 spiro atoms. The van der Waals surface area contributed by atoms with Crippen LogP contribution in [0, 0.1) is 6.92 Å². The van der Waals surface area contributed by atoms with E-state index < -0.39 is 0 Å². The van der Waals surface area contributed by atoms with Crippen LogP contribution in [0.3, 0.4) is 0 Å². The number of nitrogens with one attached hydrogen (secondary N) is 1. The Labute approximate surface area is 154 Å². The molecule has 1 N–H and O–H groups in total. The summed E-state index contributed by atoms with van der Waals surface area (Å²) in [7, 11) is 0. The summed E-state index contributed by atoms with van der Waals surface area (Å²) in [4.78, 5) is 17.2. The number of piperazine rings is 1. The standard InChI is InChI=1S/C20H24ClN3O/c1-3-23-10-12-24(13-11-23)19-9-8-16(14-18(19)21)22-20(25)17-7-5-4-6-15(17)2/h4-9,14H,3,10-13H2,1-2H3,(H,22,25). The van der Waals surface area contributed by atoms with Crippen LogP contribution in [0.5, 0.6) is 0 Å². The van der Waals surface area contributed by atoms with Crippen molar-refractivity contribution < 1.29 is 4.79 Å². The van der Waals surface area contributed by atoms with Gasteiger partial charge in [0, 0.05) is 37.4 Å². The minimum Gasteiger partial charge on any atom is -0.368 e. The second kappa shape index (κ2) is 7.89. The van der Waals surface area contributed by atoms with E-state index in [1.807, 2.05) is 49.4 Å². The highest BCUT2D eigenvalue weighted by atomic mass is 35.5. The van der Waals surface area contributed by atoms with E-state index in [1.165, 1.54) is 0 Å². The molecule has 132 valence electrons. The molecular weight excluding hydrogens is 334 g/mol. The number of rotatable bonds is 4. The third-order valence-electron chi connectivity index (χ3n) is 4.76. The number of hydrogen-bond donors (Lipinski definition) is 1. The second-order valence-electron chi connectivity index (χ2n) is 6.36. The monoisotopic (exact) mass is 357 g/mol. The molecule has 0 aromatic heterocycles. The molecule has 1 fully saturated rings. The lowest BCUT2D eigenvalue weighted by molar-refractivity contribution is 0.102. The highest BCUT2D eigenvalue weighted by Crippen LogP contribution is 2.30. The van der Waals surface area contributed by atoms with Crippen molar-refractivity contribution >= 4 is 28.9 Å². The Morgan fingerprint density at radius 3 is 2.48 bits per heavy atom. The molecule has 4 nitrogen and oxygen atoms in total. The quantitative estimate of drug-likeness (QED) is 0.896. The third kappa shape index (κ3) is 4.14. The van der Waals surface area contributed by atoms with E-state index in [1.54, 1.807) is 0 Å². The molecule has 25 heavy (non-hydrogen) atoms. The molecule has 1 aliphatic rings. The fourth-order valence-corrected chi connectivity index (χ4v) is 3.47. The van der Waals surface area contributed by atoms with Crippen LogP contribution in [-0.4, -0.2) is 43.5 Å². The molecule has 1 aliphatic heterocycles. The summed E-state index contributed by atoms with van der Waals surface area (Å²) >= 11 is 6.49. The Morgan fingerprint density at radius 2 is 1.84 bits per heavy atom. The summed E-state index contributed by atoms with van der Waals surface area (Å²) < 4.78 is 0. The molecule has 0 unspecified atom stereocenters. The maximum Gasteiger partial charge on any atom is 0.255 e. The minimum atomic E-state index is -0.113. The molecule has 0 saturated carbocycles. The number of likely N-dealkylation sites (N-methyl/N-ethyl adjacent to an activating group) is 1. The van der Waals surface area contributed by atoms with Crippen molar-refractivity contribution in [1.82, 2.24) is 4.90 Å². The van der Waals surface area contributed by atoms with Gasteiger partial charge in [0.05, 0.1) is 10.7 Å². The highest BCUT2D eigenvalue weighted by molar-refractivity contribution is 6.33. The van der Waals surface area contributed by atoms with Crippen molar-refractivity contribution in [3.8, 4) is 0 Å². The van der Waals surface area contributed by atoms with Gasteiger partial charge in [-0.25, -0.2) is 0 Å². The SMILES string of the molecule is CCN1CCN(c2ccc(NC(=O)c3ccccc3C)cc2Cl)CC1. The van der Waals surface area contributed by atoms with E-state index in [0.717, 1.165) is 44.0 Å². The fraction of sp³-hybridized carbons (Fsp3) is 0.350. The van der Waals surface area contributed by atoms with Gasteiger partial charge in [-0.2, -0.15) is 0 Å². The van der Waals surface area contributed by atoms with Crippen molar-refractivity contribution in [3.63, 3.8) is 0 Å². The van der Waals surface area contributed by atoms with Gasteiger partial charge in [0.1, 0.15) is 0 Å². The van der Waals surface area contributed by atoms with Crippen LogP contribution in [0.2, 0.25) is 5.02 Å². The van der Waals surface area contributed by atoms with Gasteiger partial charge >= 0.3 is 0 Å². The topological polar surface area (TPSA) is 35.6 Å². The first kappa shape index (κ1) is 17.8. The molecule has 0 atom stereocenters. The molecule has 1 amide bonds. The fourth-order valence-electron chi connectivity index (χ4n) is 3.17. The van der Waals surface area contributed by atoms with E-state index >= 15 is 0 Å². The number of halogens is 1. The minimum absolute atomic E-state index is 0.113. The van der Waals surface area contributed by atoms with E-state index in [2.05, 4.69) is 22.0 Å². The molecular formula is C20H24ClN3O. The Hall–Kier alpha value is -2.04. The zero-order valence-corrected chi connectivity index (χ0v) is 15.5. The van der Waals surface area contributed by atoms with E-state index in [4.69, 9.17) is 11.6 Å². The Bertz CT molecular complexity index is 754. The van der Waals surface area contributed by atoms with Crippen LogP contribution < -0.4 is 10.2 Å². The summed E-state index contributed by atoms with van der Waals surface area (Å²) in [5.41, 5.74) is 3.38. The third-order valence-corrected chi connectivity index (χ3v) is 5.06. The van der Waals surface area contributed by atoms with Gasteiger partial charge in [0.15, 0.2) is 0 Å². The van der Waals surface area contributed by atoms with Gasteiger partial charge < -0.3 is 15.1 Å². The Kier molecular flexibility index (Phi) is 5.61. The van der Waals surface area contributed by atoms with Crippen molar-refractivity contribution in [2.45, 2.75) is 13.8 Å². The van der Waals surface area contributed by atoms with Gasteiger partial charge in [-0.05, 0) is 43.3 Å². The van der Waals surface area contributed by atoms with Crippen molar-refractivity contribution in [1.29, 1.82) is 0 Å². The molecule has 1 saturated heterocycles. The first-order valence-electron chi connectivity index (χ1n) is 8.72. The molecule has 1 heterocycles. The van der Waals surface area contributed by atoms with Crippen LogP contribution in [-0.2, 0) is 0 Å². The number of amides is 1. The van der Waals surface area contributed by atoms with Gasteiger partial charge in [0.25, 0.3) is 5.91 Å². The Morgan fingerprint density at radius 1 is 1.12 bits per heavy atom. The smallest absolute Gasteiger partial charge is 0.255 e. The number of benzene rings is 2. The first-order chi connectivity index (χ1) is 12.1. The van der Waals surface area contributed by atoms with E-state index in [9.17, 15) is 4.79 Å². The maximum absolute atomic E-state index is 12.4. The Balaban J connectivity index is 1.70. The summed E-state index contributed by atoms with van der Waals surface area (Å²) in [6.45, 7) is 9.27. The first-order valence-corrected chi connectivity index (χ1v) is 9.10. The molecule has 0 bridgehead atoms. The van der Waals surface area contributed by atoms with E-state index in [-0.39, 0.29) is 5.91 Å². The predicted molar refractivity (Wildman–Crippen MR) is 105 cm³/mol. The average molecular weight is 358 g/mol. The molecule has 5 heteroatoms. The summed E-state index contributed by atoms with van der Waals surface area (Å²) in [5.74, 6) is -0.113. The number of aryl methyl sites for hydroxylation is 1. The van der Waals surface area contributed by atoms with Crippen LogP contribution in [0.4, 0.5) is 11.4 Å². The predicted octanol–water partition coefficient (Wildman–Crippen LogP) is 4.04. The zero-order valence-electron chi connectivity index (χ0n) is 14.8.